The van der Waals surface area contributed by atoms with Crippen molar-refractivity contribution in [3.05, 3.63) is 36.3 Å². The Hall–Kier alpha value is -2.41. The Morgan fingerprint density at radius 3 is 2.54 bits per heavy atom. The molecule has 2 heterocycles. The summed E-state index contributed by atoms with van der Waals surface area (Å²) in [4.78, 5) is 17.3. The fraction of sp³-hybridized carbons (Fsp3) is 0.294. The van der Waals surface area contributed by atoms with Gasteiger partial charge in [0.15, 0.2) is 22.4 Å². The van der Waals surface area contributed by atoms with Crippen LogP contribution in [0.2, 0.25) is 0 Å². The minimum atomic E-state index is -0.265. The zero-order valence-electron chi connectivity index (χ0n) is 13.7. The Bertz CT molecular complexity index is 855. The molecule has 24 heavy (non-hydrogen) atoms. The van der Waals surface area contributed by atoms with Gasteiger partial charge in [-0.2, -0.15) is 0 Å². The number of ether oxygens (including phenoxy) is 2. The number of thioether (sulfide) groups is 1. The second-order valence-corrected chi connectivity index (χ2v) is 5.64. The molecule has 0 unspecified atom stereocenters. The van der Waals surface area contributed by atoms with Crippen LogP contribution < -0.4 is 9.47 Å². The minimum Gasteiger partial charge on any atom is -0.490 e. The molecule has 0 aliphatic heterocycles. The third-order valence-corrected chi connectivity index (χ3v) is 4.05. The maximum absolute atomic E-state index is 12.8. The second kappa shape index (κ2) is 7.00. The first-order chi connectivity index (χ1) is 11.7. The lowest BCUT2D eigenvalue weighted by Gasteiger charge is -2.11. The van der Waals surface area contributed by atoms with Gasteiger partial charge >= 0.3 is 0 Å². The van der Waals surface area contributed by atoms with E-state index < -0.39 is 0 Å². The van der Waals surface area contributed by atoms with Crippen LogP contribution in [-0.4, -0.2) is 34.9 Å². The lowest BCUT2D eigenvalue weighted by molar-refractivity contribution is 0.0927. The number of carbonyl (C=O) groups excluding carboxylic acids is 1. The SMILES string of the molecule is CCOc1cc2nc(SC)n(C(=O)c3ccco3)c2cc1OCC. The first-order valence-corrected chi connectivity index (χ1v) is 8.86. The zero-order valence-corrected chi connectivity index (χ0v) is 14.6. The summed E-state index contributed by atoms with van der Waals surface area (Å²) in [6.07, 6.45) is 3.35. The van der Waals surface area contributed by atoms with Crippen LogP contribution in [0.15, 0.2) is 40.1 Å². The molecular formula is C17H18N2O4S. The highest BCUT2D eigenvalue weighted by Gasteiger charge is 2.22. The summed E-state index contributed by atoms with van der Waals surface area (Å²) in [5.41, 5.74) is 1.33. The molecule has 0 spiro atoms. The summed E-state index contributed by atoms with van der Waals surface area (Å²) in [7, 11) is 0. The summed E-state index contributed by atoms with van der Waals surface area (Å²) in [5.74, 6) is 1.21. The van der Waals surface area contributed by atoms with E-state index in [1.54, 1.807) is 24.3 Å². The Morgan fingerprint density at radius 2 is 1.96 bits per heavy atom. The number of benzene rings is 1. The number of fused-ring (bicyclic) bond motifs is 1. The minimum absolute atomic E-state index is 0.261. The van der Waals surface area contributed by atoms with Crippen molar-refractivity contribution in [1.29, 1.82) is 0 Å². The van der Waals surface area contributed by atoms with Crippen LogP contribution in [0.25, 0.3) is 11.0 Å². The van der Waals surface area contributed by atoms with Gasteiger partial charge in [-0.3, -0.25) is 9.36 Å². The Labute approximate surface area is 143 Å². The summed E-state index contributed by atoms with van der Waals surface area (Å²) in [6, 6.07) is 6.91. The van der Waals surface area contributed by atoms with Crippen LogP contribution in [0.1, 0.15) is 24.4 Å². The van der Waals surface area contributed by atoms with Crippen molar-refractivity contribution in [2.24, 2.45) is 0 Å². The van der Waals surface area contributed by atoms with Gasteiger partial charge in [-0.15, -0.1) is 0 Å². The van der Waals surface area contributed by atoms with E-state index in [9.17, 15) is 4.79 Å². The number of rotatable bonds is 6. The summed E-state index contributed by atoms with van der Waals surface area (Å²) in [6.45, 7) is 4.83. The van der Waals surface area contributed by atoms with Gasteiger partial charge in [-0.05, 0) is 32.2 Å². The van der Waals surface area contributed by atoms with Crippen LogP contribution in [0.4, 0.5) is 0 Å². The number of nitrogens with zero attached hydrogens (tertiary/aromatic N) is 2. The number of furan rings is 1. The number of aromatic nitrogens is 2. The predicted octanol–water partition coefficient (Wildman–Crippen LogP) is 3.84. The molecule has 0 amide bonds. The largest absolute Gasteiger partial charge is 0.490 e. The number of hydrogen-bond acceptors (Lipinski definition) is 6. The van der Waals surface area contributed by atoms with Gasteiger partial charge in [0, 0.05) is 12.1 Å². The summed E-state index contributed by atoms with van der Waals surface area (Å²) >= 11 is 1.39. The summed E-state index contributed by atoms with van der Waals surface area (Å²) < 4.78 is 18.1. The highest BCUT2D eigenvalue weighted by atomic mass is 32.2. The van der Waals surface area contributed by atoms with Crippen molar-refractivity contribution < 1.29 is 18.7 Å². The van der Waals surface area contributed by atoms with E-state index >= 15 is 0 Å². The van der Waals surface area contributed by atoms with E-state index in [1.165, 1.54) is 22.6 Å². The second-order valence-electron chi connectivity index (χ2n) is 4.87. The number of imidazole rings is 1. The molecule has 0 radical (unpaired) electrons. The van der Waals surface area contributed by atoms with E-state index in [1.807, 2.05) is 20.1 Å². The van der Waals surface area contributed by atoms with E-state index in [0.29, 0.717) is 40.9 Å². The van der Waals surface area contributed by atoms with E-state index in [-0.39, 0.29) is 11.7 Å². The highest BCUT2D eigenvalue weighted by molar-refractivity contribution is 7.98. The van der Waals surface area contributed by atoms with Gasteiger partial charge in [0.1, 0.15) is 0 Å². The quantitative estimate of drug-likeness (QED) is 0.632. The van der Waals surface area contributed by atoms with E-state index in [4.69, 9.17) is 13.9 Å². The van der Waals surface area contributed by atoms with Crippen LogP contribution >= 0.6 is 11.8 Å². The van der Waals surface area contributed by atoms with Crippen molar-refractivity contribution in [2.75, 3.05) is 19.5 Å². The molecule has 0 atom stereocenters. The predicted molar refractivity (Wildman–Crippen MR) is 92.3 cm³/mol. The molecule has 0 N–H and O–H groups in total. The van der Waals surface area contributed by atoms with Gasteiger partial charge in [0.25, 0.3) is 5.91 Å². The van der Waals surface area contributed by atoms with Crippen molar-refractivity contribution >= 4 is 28.7 Å². The first kappa shape index (κ1) is 16.4. The van der Waals surface area contributed by atoms with Gasteiger partial charge in [-0.1, -0.05) is 11.8 Å². The monoisotopic (exact) mass is 346 g/mol. The molecule has 6 nitrogen and oxygen atoms in total. The molecule has 0 bridgehead atoms. The fourth-order valence-electron chi connectivity index (χ4n) is 2.44. The zero-order chi connectivity index (χ0) is 17.1. The third kappa shape index (κ3) is 2.87. The molecule has 0 aliphatic rings. The van der Waals surface area contributed by atoms with Crippen molar-refractivity contribution in [3.63, 3.8) is 0 Å². The van der Waals surface area contributed by atoms with Crippen LogP contribution in [0.3, 0.4) is 0 Å². The molecule has 0 fully saturated rings. The smallest absolute Gasteiger partial charge is 0.300 e. The van der Waals surface area contributed by atoms with Crippen molar-refractivity contribution in [2.45, 2.75) is 19.0 Å². The van der Waals surface area contributed by atoms with E-state index in [0.717, 1.165) is 0 Å². The van der Waals surface area contributed by atoms with Crippen molar-refractivity contribution in [3.8, 4) is 11.5 Å². The number of hydrogen-bond donors (Lipinski definition) is 0. The topological polar surface area (TPSA) is 66.5 Å². The van der Waals surface area contributed by atoms with Crippen LogP contribution in [0, 0.1) is 0 Å². The molecule has 3 rings (SSSR count). The summed E-state index contributed by atoms with van der Waals surface area (Å²) in [5, 5.41) is 0.586. The van der Waals surface area contributed by atoms with Gasteiger partial charge < -0.3 is 13.9 Å². The average molecular weight is 346 g/mol. The average Bonchev–Trinajstić information content (AvgIpc) is 3.22. The molecule has 0 saturated carbocycles. The maximum atomic E-state index is 12.8. The van der Waals surface area contributed by atoms with Crippen LogP contribution in [0.5, 0.6) is 11.5 Å². The standard InChI is InChI=1S/C17H18N2O4S/c1-4-21-14-9-11-12(10-15(14)22-5-2)19(17(18-11)24-3)16(20)13-7-6-8-23-13/h6-10H,4-5H2,1-3H3. The maximum Gasteiger partial charge on any atom is 0.300 e. The lowest BCUT2D eigenvalue weighted by Crippen LogP contribution is -2.12. The molecule has 1 aromatic carbocycles. The molecule has 126 valence electrons. The van der Waals surface area contributed by atoms with Crippen molar-refractivity contribution in [1.82, 2.24) is 9.55 Å². The first-order valence-electron chi connectivity index (χ1n) is 7.63. The Morgan fingerprint density at radius 1 is 1.25 bits per heavy atom. The molecule has 0 saturated heterocycles. The molecule has 0 aliphatic carbocycles. The molecule has 3 aromatic rings. The van der Waals surface area contributed by atoms with E-state index in [2.05, 4.69) is 4.98 Å². The molecule has 7 heteroatoms. The van der Waals surface area contributed by atoms with Gasteiger partial charge in [0.2, 0.25) is 0 Å². The lowest BCUT2D eigenvalue weighted by atomic mass is 10.2. The third-order valence-electron chi connectivity index (χ3n) is 3.41. The number of carbonyl (C=O) groups is 1. The van der Waals surface area contributed by atoms with Gasteiger partial charge in [0.05, 0.1) is 30.5 Å². The normalized spacial score (nSPS) is 11.0. The highest BCUT2D eigenvalue weighted by Crippen LogP contribution is 2.34. The Kier molecular flexibility index (Phi) is 4.80. The molecular weight excluding hydrogens is 328 g/mol. The Balaban J connectivity index is 2.20. The van der Waals surface area contributed by atoms with Crippen LogP contribution in [-0.2, 0) is 0 Å². The molecule has 2 aromatic heterocycles. The van der Waals surface area contributed by atoms with Gasteiger partial charge in [-0.25, -0.2) is 4.98 Å². The fourth-order valence-corrected chi connectivity index (χ4v) is 3.00.